The highest BCUT2D eigenvalue weighted by Gasteiger charge is 2.51. The number of benzene rings is 1. The number of carbonyl (C=O) groups is 4. The molecule has 1 aliphatic rings. The van der Waals surface area contributed by atoms with Crippen LogP contribution in [0.5, 0.6) is 0 Å². The Morgan fingerprint density at radius 1 is 0.795 bits per heavy atom. The Bertz CT molecular complexity index is 1010. The molecule has 0 unspecified atom stereocenters. The van der Waals surface area contributed by atoms with Crippen molar-refractivity contribution in [3.63, 3.8) is 0 Å². The van der Waals surface area contributed by atoms with Crippen LogP contribution >= 0.6 is 22.6 Å². The quantitative estimate of drug-likeness (QED) is 0.182. The molecule has 39 heavy (non-hydrogen) atoms. The van der Waals surface area contributed by atoms with Gasteiger partial charge in [-0.3, -0.25) is 19.2 Å². The molecule has 1 aromatic carbocycles. The van der Waals surface area contributed by atoms with Gasteiger partial charge < -0.3 is 23.7 Å². The third-order valence-corrected chi connectivity index (χ3v) is 7.23. The van der Waals surface area contributed by atoms with Gasteiger partial charge in [0.2, 0.25) is 0 Å². The second-order valence-corrected chi connectivity index (χ2v) is 12.0. The molecule has 1 aliphatic heterocycles. The lowest BCUT2D eigenvalue weighted by atomic mass is 10.0. The van der Waals surface area contributed by atoms with Gasteiger partial charge in [0.05, 0.1) is 17.8 Å². The molecule has 0 aliphatic carbocycles. The van der Waals surface area contributed by atoms with Gasteiger partial charge in [0.1, 0.15) is 25.4 Å². The standard InChI is InChI=1S/C29H41IO9/c1-15(2)27(32)36-14-23-26(39-29(34)17(5)6)25(38-28(33)16(3)4)22(37-23)13-35-24(31)10-9-20-19(8)11-18(7)12-21(20)30/h11-12,15-17,22-23,25-26H,9-10,13-14H2,1-8H3/t22-,23-,25-,26-/m1/s1. The maximum absolute atomic E-state index is 12.7. The first-order valence-corrected chi connectivity index (χ1v) is 14.4. The monoisotopic (exact) mass is 660 g/mol. The van der Waals surface area contributed by atoms with Crippen LogP contribution in [0.2, 0.25) is 0 Å². The van der Waals surface area contributed by atoms with Crippen molar-refractivity contribution < 1.29 is 42.9 Å². The van der Waals surface area contributed by atoms with Crippen LogP contribution in [0.25, 0.3) is 0 Å². The molecule has 0 bridgehead atoms. The molecule has 10 heteroatoms. The molecule has 1 heterocycles. The second-order valence-electron chi connectivity index (χ2n) is 10.8. The number of hydrogen-bond donors (Lipinski definition) is 0. The molecular formula is C29H41IO9. The number of halogens is 1. The summed E-state index contributed by atoms with van der Waals surface area (Å²) < 4.78 is 29.4. The van der Waals surface area contributed by atoms with Crippen molar-refractivity contribution >= 4 is 46.5 Å². The third kappa shape index (κ3) is 9.73. The van der Waals surface area contributed by atoms with Gasteiger partial charge >= 0.3 is 23.9 Å². The van der Waals surface area contributed by atoms with Crippen LogP contribution in [0.4, 0.5) is 0 Å². The zero-order chi connectivity index (χ0) is 29.4. The number of aryl methyl sites for hydroxylation is 2. The summed E-state index contributed by atoms with van der Waals surface area (Å²) in [6, 6.07) is 4.15. The zero-order valence-electron chi connectivity index (χ0n) is 24.1. The summed E-state index contributed by atoms with van der Waals surface area (Å²) in [4.78, 5) is 49.8. The van der Waals surface area contributed by atoms with Crippen LogP contribution in [0.15, 0.2) is 12.1 Å². The molecule has 0 N–H and O–H groups in total. The summed E-state index contributed by atoms with van der Waals surface area (Å²) in [5.74, 6) is -3.18. The summed E-state index contributed by atoms with van der Waals surface area (Å²) in [6.45, 7) is 13.7. The van der Waals surface area contributed by atoms with Gasteiger partial charge in [0, 0.05) is 9.99 Å². The maximum Gasteiger partial charge on any atom is 0.308 e. The minimum atomic E-state index is -1.04. The van der Waals surface area contributed by atoms with Crippen LogP contribution in [0, 0.1) is 35.2 Å². The largest absolute Gasteiger partial charge is 0.463 e. The van der Waals surface area contributed by atoms with Crippen molar-refractivity contribution in [1.29, 1.82) is 0 Å². The minimum absolute atomic E-state index is 0.157. The van der Waals surface area contributed by atoms with E-state index >= 15 is 0 Å². The van der Waals surface area contributed by atoms with Gasteiger partial charge in [0.25, 0.3) is 0 Å². The van der Waals surface area contributed by atoms with Crippen molar-refractivity contribution in [1.82, 2.24) is 0 Å². The molecule has 218 valence electrons. The average Bonchev–Trinajstić information content (AvgIpc) is 3.15. The van der Waals surface area contributed by atoms with E-state index in [1.54, 1.807) is 41.5 Å². The Labute approximate surface area is 244 Å². The summed E-state index contributed by atoms with van der Waals surface area (Å²) in [7, 11) is 0. The molecule has 2 rings (SSSR count). The lowest BCUT2D eigenvalue weighted by Gasteiger charge is -2.25. The van der Waals surface area contributed by atoms with Crippen LogP contribution in [0.1, 0.15) is 64.7 Å². The predicted octanol–water partition coefficient (Wildman–Crippen LogP) is 4.49. The number of ether oxygens (including phenoxy) is 5. The molecule has 9 nitrogen and oxygen atoms in total. The fourth-order valence-electron chi connectivity index (χ4n) is 3.96. The molecular weight excluding hydrogens is 619 g/mol. The van der Waals surface area contributed by atoms with E-state index in [4.69, 9.17) is 23.7 Å². The van der Waals surface area contributed by atoms with Gasteiger partial charge in [0.15, 0.2) is 12.2 Å². The lowest BCUT2D eigenvalue weighted by Crippen LogP contribution is -2.44. The number of hydrogen-bond acceptors (Lipinski definition) is 9. The molecule has 0 amide bonds. The molecule has 0 spiro atoms. The van der Waals surface area contributed by atoms with E-state index in [2.05, 4.69) is 34.7 Å². The highest BCUT2D eigenvalue weighted by molar-refractivity contribution is 14.1. The number of carbonyl (C=O) groups excluding carboxylic acids is 4. The Kier molecular flexibility index (Phi) is 12.7. The van der Waals surface area contributed by atoms with Gasteiger partial charge in [-0.05, 0) is 65.6 Å². The van der Waals surface area contributed by atoms with E-state index in [-0.39, 0.29) is 25.6 Å². The first kappa shape index (κ1) is 33.0. The normalized spacial score (nSPS) is 20.8. The molecule has 0 aromatic heterocycles. The summed E-state index contributed by atoms with van der Waals surface area (Å²) >= 11 is 2.27. The van der Waals surface area contributed by atoms with Gasteiger partial charge in [-0.1, -0.05) is 47.6 Å². The van der Waals surface area contributed by atoms with Gasteiger partial charge in [-0.15, -0.1) is 0 Å². The van der Waals surface area contributed by atoms with E-state index in [9.17, 15) is 19.2 Å². The van der Waals surface area contributed by atoms with Crippen LogP contribution in [0.3, 0.4) is 0 Å². The van der Waals surface area contributed by atoms with E-state index in [1.165, 1.54) is 0 Å². The van der Waals surface area contributed by atoms with Crippen molar-refractivity contribution in [3.05, 3.63) is 32.4 Å². The Morgan fingerprint density at radius 2 is 1.28 bits per heavy atom. The maximum atomic E-state index is 12.7. The molecule has 0 saturated carbocycles. The smallest absolute Gasteiger partial charge is 0.308 e. The van der Waals surface area contributed by atoms with Crippen LogP contribution < -0.4 is 0 Å². The average molecular weight is 661 g/mol. The van der Waals surface area contributed by atoms with E-state index in [0.717, 1.165) is 20.3 Å². The van der Waals surface area contributed by atoms with Crippen LogP contribution in [-0.4, -0.2) is 61.5 Å². The number of rotatable bonds is 12. The summed E-state index contributed by atoms with van der Waals surface area (Å²) in [5.41, 5.74) is 3.36. The highest BCUT2D eigenvalue weighted by atomic mass is 127. The van der Waals surface area contributed by atoms with E-state index < -0.39 is 60.1 Å². The topological polar surface area (TPSA) is 114 Å². The van der Waals surface area contributed by atoms with E-state index in [0.29, 0.717) is 6.42 Å². The Balaban J connectivity index is 2.17. The van der Waals surface area contributed by atoms with Crippen molar-refractivity contribution in [2.24, 2.45) is 17.8 Å². The van der Waals surface area contributed by atoms with E-state index in [1.807, 2.05) is 13.8 Å². The number of esters is 4. The molecule has 4 atom stereocenters. The molecule has 1 fully saturated rings. The Hall–Kier alpha value is -2.21. The first-order chi connectivity index (χ1) is 18.2. The van der Waals surface area contributed by atoms with Gasteiger partial charge in [-0.25, -0.2) is 0 Å². The third-order valence-electron chi connectivity index (χ3n) is 6.27. The van der Waals surface area contributed by atoms with Crippen molar-refractivity contribution in [2.45, 2.75) is 92.6 Å². The summed E-state index contributed by atoms with van der Waals surface area (Å²) in [5, 5.41) is 0. The molecule has 1 saturated heterocycles. The summed E-state index contributed by atoms with van der Waals surface area (Å²) in [6.07, 6.45) is -3.22. The highest BCUT2D eigenvalue weighted by Crippen LogP contribution is 2.30. The fourth-order valence-corrected chi connectivity index (χ4v) is 5.15. The fraction of sp³-hybridized carbons (Fsp3) is 0.655. The lowest BCUT2D eigenvalue weighted by molar-refractivity contribution is -0.173. The molecule has 0 radical (unpaired) electrons. The minimum Gasteiger partial charge on any atom is -0.463 e. The first-order valence-electron chi connectivity index (χ1n) is 13.4. The van der Waals surface area contributed by atoms with Gasteiger partial charge in [-0.2, -0.15) is 0 Å². The second kappa shape index (κ2) is 15.0. The van der Waals surface area contributed by atoms with Crippen molar-refractivity contribution in [3.8, 4) is 0 Å². The van der Waals surface area contributed by atoms with Crippen molar-refractivity contribution in [2.75, 3.05) is 13.2 Å². The molecule has 1 aromatic rings. The zero-order valence-corrected chi connectivity index (χ0v) is 26.2. The van der Waals surface area contributed by atoms with Crippen LogP contribution in [-0.2, 0) is 49.3 Å². The SMILES string of the molecule is Cc1cc(C)c(CCC(=O)OC[C@H]2O[C@H](COC(=O)C(C)C)[C@@H](OC(=O)C(C)C)[C@@H]2OC(=O)C(C)C)c(I)c1. The Morgan fingerprint density at radius 3 is 1.74 bits per heavy atom. The predicted molar refractivity (Wildman–Crippen MR) is 152 cm³/mol.